The Hall–Kier alpha value is -1.97. The second-order valence-electron chi connectivity index (χ2n) is 4.60. The molecule has 1 aromatic heterocycles. The zero-order valence-electron chi connectivity index (χ0n) is 10.0. The fraction of sp³-hybridized carbons (Fsp3) is 0.357. The van der Waals surface area contributed by atoms with Crippen molar-refractivity contribution >= 4 is 16.7 Å². The van der Waals surface area contributed by atoms with E-state index in [1.807, 2.05) is 30.3 Å². The number of ether oxygens (including phenoxy) is 1. The Morgan fingerprint density at radius 3 is 2.72 bits per heavy atom. The number of carbonyl (C=O) groups excluding carboxylic acids is 1. The van der Waals surface area contributed by atoms with Gasteiger partial charge in [0.2, 0.25) is 5.88 Å². The summed E-state index contributed by atoms with van der Waals surface area (Å²) in [5.41, 5.74) is 0.865. The highest BCUT2D eigenvalue weighted by Gasteiger charge is 2.20. The van der Waals surface area contributed by atoms with Crippen LogP contribution in [0.15, 0.2) is 30.3 Å². The molecule has 0 amide bonds. The summed E-state index contributed by atoms with van der Waals surface area (Å²) in [4.78, 5) is 11.2. The minimum absolute atomic E-state index is 0.0955. The van der Waals surface area contributed by atoms with Gasteiger partial charge < -0.3 is 4.74 Å². The van der Waals surface area contributed by atoms with Crippen molar-refractivity contribution in [3.05, 3.63) is 30.3 Å². The SMILES string of the molecule is O=C1CCC(Oc2cc3ccccc3nn2)CC1. The smallest absolute Gasteiger partial charge is 0.234 e. The number of rotatable bonds is 2. The zero-order valence-corrected chi connectivity index (χ0v) is 10.0. The van der Waals surface area contributed by atoms with Gasteiger partial charge in [-0.3, -0.25) is 4.79 Å². The van der Waals surface area contributed by atoms with E-state index in [4.69, 9.17) is 4.74 Å². The number of nitrogens with zero attached hydrogens (tertiary/aromatic N) is 2. The third-order valence-corrected chi connectivity index (χ3v) is 3.25. The Labute approximate surface area is 105 Å². The van der Waals surface area contributed by atoms with Gasteiger partial charge in [0.05, 0.1) is 5.52 Å². The van der Waals surface area contributed by atoms with Crippen LogP contribution in [0.3, 0.4) is 0 Å². The molecule has 2 aromatic rings. The Kier molecular flexibility index (Phi) is 2.92. The molecule has 0 spiro atoms. The van der Waals surface area contributed by atoms with E-state index in [-0.39, 0.29) is 6.10 Å². The Morgan fingerprint density at radius 1 is 1.11 bits per heavy atom. The third kappa shape index (κ3) is 2.32. The van der Waals surface area contributed by atoms with Crippen molar-refractivity contribution in [1.29, 1.82) is 0 Å². The van der Waals surface area contributed by atoms with Crippen molar-refractivity contribution in [2.24, 2.45) is 0 Å². The second kappa shape index (κ2) is 4.72. The van der Waals surface area contributed by atoms with Crippen LogP contribution in [0.2, 0.25) is 0 Å². The Bertz CT molecular complexity index is 573. The van der Waals surface area contributed by atoms with Gasteiger partial charge in [0.25, 0.3) is 0 Å². The van der Waals surface area contributed by atoms with E-state index in [9.17, 15) is 4.79 Å². The van der Waals surface area contributed by atoms with Crippen LogP contribution in [0, 0.1) is 0 Å². The molecule has 4 heteroatoms. The average molecular weight is 242 g/mol. The van der Waals surface area contributed by atoms with Crippen molar-refractivity contribution < 1.29 is 9.53 Å². The number of hydrogen-bond donors (Lipinski definition) is 0. The topological polar surface area (TPSA) is 52.1 Å². The van der Waals surface area contributed by atoms with Crippen LogP contribution >= 0.6 is 0 Å². The molecule has 0 bridgehead atoms. The third-order valence-electron chi connectivity index (χ3n) is 3.25. The van der Waals surface area contributed by atoms with E-state index in [2.05, 4.69) is 10.2 Å². The highest BCUT2D eigenvalue weighted by molar-refractivity contribution is 5.79. The van der Waals surface area contributed by atoms with Crippen LogP contribution in [0.4, 0.5) is 0 Å². The molecule has 1 fully saturated rings. The quantitative estimate of drug-likeness (QED) is 0.812. The molecule has 1 saturated carbocycles. The standard InChI is InChI=1S/C14H14N2O2/c17-11-5-7-12(8-6-11)18-14-9-10-3-1-2-4-13(10)15-16-14/h1-4,9,12H,5-8H2. The lowest BCUT2D eigenvalue weighted by Crippen LogP contribution is -2.24. The number of ketones is 1. The van der Waals surface area contributed by atoms with Crippen molar-refractivity contribution in [3.8, 4) is 5.88 Å². The van der Waals surface area contributed by atoms with Gasteiger partial charge in [-0.2, -0.15) is 0 Å². The predicted molar refractivity (Wildman–Crippen MR) is 67.4 cm³/mol. The number of hydrogen-bond acceptors (Lipinski definition) is 4. The summed E-state index contributed by atoms with van der Waals surface area (Å²) in [5.74, 6) is 0.882. The lowest BCUT2D eigenvalue weighted by atomic mass is 9.96. The van der Waals surface area contributed by atoms with Crippen LogP contribution in [-0.4, -0.2) is 22.1 Å². The van der Waals surface area contributed by atoms with Gasteiger partial charge in [-0.15, -0.1) is 10.2 Å². The summed E-state index contributed by atoms with van der Waals surface area (Å²) < 4.78 is 5.79. The molecule has 0 aliphatic heterocycles. The lowest BCUT2D eigenvalue weighted by Gasteiger charge is -2.21. The fourth-order valence-corrected chi connectivity index (χ4v) is 2.23. The lowest BCUT2D eigenvalue weighted by molar-refractivity contribution is -0.121. The average Bonchev–Trinajstić information content (AvgIpc) is 2.41. The van der Waals surface area contributed by atoms with Crippen molar-refractivity contribution in [2.75, 3.05) is 0 Å². The van der Waals surface area contributed by atoms with E-state index in [0.29, 0.717) is 24.5 Å². The van der Waals surface area contributed by atoms with Crippen LogP contribution in [-0.2, 0) is 4.79 Å². The molecule has 1 aliphatic carbocycles. The number of aromatic nitrogens is 2. The first kappa shape index (κ1) is 11.1. The highest BCUT2D eigenvalue weighted by Crippen LogP contribution is 2.22. The maximum absolute atomic E-state index is 11.2. The molecule has 1 aromatic carbocycles. The molecule has 18 heavy (non-hydrogen) atoms. The van der Waals surface area contributed by atoms with Gasteiger partial charge >= 0.3 is 0 Å². The van der Waals surface area contributed by atoms with Gasteiger partial charge in [0, 0.05) is 24.3 Å². The largest absolute Gasteiger partial charge is 0.473 e. The van der Waals surface area contributed by atoms with Crippen LogP contribution in [0.25, 0.3) is 10.9 Å². The van der Waals surface area contributed by atoms with Crippen LogP contribution in [0.5, 0.6) is 5.88 Å². The van der Waals surface area contributed by atoms with Crippen molar-refractivity contribution in [2.45, 2.75) is 31.8 Å². The summed E-state index contributed by atoms with van der Waals surface area (Å²) in [6.07, 6.45) is 2.90. The second-order valence-corrected chi connectivity index (χ2v) is 4.60. The summed E-state index contributed by atoms with van der Waals surface area (Å²) >= 11 is 0. The molecular weight excluding hydrogens is 228 g/mol. The van der Waals surface area contributed by atoms with E-state index >= 15 is 0 Å². The number of benzene rings is 1. The highest BCUT2D eigenvalue weighted by atomic mass is 16.5. The molecule has 92 valence electrons. The first-order valence-corrected chi connectivity index (χ1v) is 6.22. The summed E-state index contributed by atoms with van der Waals surface area (Å²) in [7, 11) is 0. The zero-order chi connectivity index (χ0) is 12.4. The molecule has 0 radical (unpaired) electrons. The molecule has 1 aliphatic rings. The summed E-state index contributed by atoms with van der Waals surface area (Å²) in [6, 6.07) is 9.71. The van der Waals surface area contributed by atoms with E-state index < -0.39 is 0 Å². The molecule has 0 unspecified atom stereocenters. The van der Waals surface area contributed by atoms with E-state index in [1.54, 1.807) is 0 Å². The van der Waals surface area contributed by atoms with Gasteiger partial charge in [-0.1, -0.05) is 18.2 Å². The number of Topliss-reactive ketones (excluding diaryl/α,β-unsaturated/α-hetero) is 1. The summed E-state index contributed by atoms with van der Waals surface area (Å²) in [6.45, 7) is 0. The Morgan fingerprint density at radius 2 is 1.89 bits per heavy atom. The first-order valence-electron chi connectivity index (χ1n) is 6.22. The molecule has 0 atom stereocenters. The molecule has 0 saturated heterocycles. The van der Waals surface area contributed by atoms with E-state index in [1.165, 1.54) is 0 Å². The normalized spacial score (nSPS) is 17.0. The minimum atomic E-state index is 0.0955. The molecular formula is C14H14N2O2. The maximum Gasteiger partial charge on any atom is 0.234 e. The van der Waals surface area contributed by atoms with Gasteiger partial charge in [-0.25, -0.2) is 0 Å². The van der Waals surface area contributed by atoms with Gasteiger partial charge in [0.15, 0.2) is 0 Å². The summed E-state index contributed by atoms with van der Waals surface area (Å²) in [5, 5.41) is 9.21. The van der Waals surface area contributed by atoms with Crippen LogP contribution in [0.1, 0.15) is 25.7 Å². The molecule has 1 heterocycles. The molecule has 3 rings (SSSR count). The monoisotopic (exact) mass is 242 g/mol. The minimum Gasteiger partial charge on any atom is -0.473 e. The molecule has 0 N–H and O–H groups in total. The maximum atomic E-state index is 11.2. The predicted octanol–water partition coefficient (Wildman–Crippen LogP) is 2.52. The van der Waals surface area contributed by atoms with Crippen molar-refractivity contribution in [1.82, 2.24) is 10.2 Å². The van der Waals surface area contributed by atoms with Gasteiger partial charge in [0.1, 0.15) is 11.9 Å². The molecule has 4 nitrogen and oxygen atoms in total. The van der Waals surface area contributed by atoms with Crippen LogP contribution < -0.4 is 4.74 Å². The Balaban J connectivity index is 1.76. The van der Waals surface area contributed by atoms with E-state index in [0.717, 1.165) is 23.7 Å². The first-order chi connectivity index (χ1) is 8.81. The van der Waals surface area contributed by atoms with Crippen molar-refractivity contribution in [3.63, 3.8) is 0 Å². The fourth-order valence-electron chi connectivity index (χ4n) is 2.23. The number of fused-ring (bicyclic) bond motifs is 1. The number of carbonyl (C=O) groups is 1. The van der Waals surface area contributed by atoms with Gasteiger partial charge in [-0.05, 0) is 18.9 Å².